The van der Waals surface area contributed by atoms with E-state index in [4.69, 9.17) is 0 Å². The van der Waals surface area contributed by atoms with Gasteiger partial charge in [0, 0.05) is 16.8 Å². The fourth-order valence-electron chi connectivity index (χ4n) is 8.95. The van der Waals surface area contributed by atoms with Gasteiger partial charge in [0.05, 0.1) is 5.69 Å². The Morgan fingerprint density at radius 1 is 0.286 bits per heavy atom. The van der Waals surface area contributed by atoms with E-state index < -0.39 is 0 Å². The quantitative estimate of drug-likeness (QED) is 0.140. The number of nitrogens with zero attached hydrogens (tertiary/aromatic N) is 1. The third-order valence-electron chi connectivity index (χ3n) is 11.0. The predicted octanol–water partition coefficient (Wildman–Crippen LogP) is 13.9. The minimum atomic E-state index is 1.16. The van der Waals surface area contributed by atoms with Gasteiger partial charge in [0.25, 0.3) is 0 Å². The summed E-state index contributed by atoms with van der Waals surface area (Å²) >= 11 is 0. The lowest BCUT2D eigenvalue weighted by Gasteiger charge is -2.28. The van der Waals surface area contributed by atoms with Gasteiger partial charge in [-0.05, 0) is 125 Å². The number of anilines is 3. The molecule has 1 nitrogen and oxygen atoms in total. The number of rotatable bonds is 3. The van der Waals surface area contributed by atoms with Crippen LogP contribution in [0, 0.1) is 13.8 Å². The molecular weight excluding hydrogens is 591 g/mol. The van der Waals surface area contributed by atoms with Crippen LogP contribution in [0.25, 0.3) is 86.2 Å². The molecule has 0 amide bonds. The lowest BCUT2D eigenvalue weighted by molar-refractivity contribution is 1.28. The van der Waals surface area contributed by atoms with E-state index in [0.29, 0.717) is 0 Å². The average molecular weight is 622 g/mol. The fraction of sp³-hybridized carbons (Fsp3) is 0.0417. The number of hydrogen-bond donors (Lipinski definition) is 0. The van der Waals surface area contributed by atoms with Crippen LogP contribution in [-0.4, -0.2) is 0 Å². The summed E-state index contributed by atoms with van der Waals surface area (Å²) in [4.78, 5) is 2.42. The van der Waals surface area contributed by atoms with Crippen molar-refractivity contribution in [3.05, 3.63) is 163 Å². The average Bonchev–Trinajstić information content (AvgIpc) is 3.14. The zero-order valence-corrected chi connectivity index (χ0v) is 27.4. The smallest absolute Gasteiger partial charge is 0.0540 e. The van der Waals surface area contributed by atoms with Gasteiger partial charge in [-0.1, -0.05) is 132 Å². The van der Waals surface area contributed by atoms with E-state index in [0.717, 1.165) is 11.4 Å². The highest BCUT2D eigenvalue weighted by molar-refractivity contribution is 6.47. The summed E-state index contributed by atoms with van der Waals surface area (Å²) in [5.41, 5.74) is 6.01. The number of benzene rings is 11. The van der Waals surface area contributed by atoms with Gasteiger partial charge in [-0.2, -0.15) is 0 Å². The van der Waals surface area contributed by atoms with Gasteiger partial charge in [0.2, 0.25) is 0 Å². The molecule has 0 radical (unpaired) electrons. The molecule has 0 aliphatic heterocycles. The largest absolute Gasteiger partial charge is 0.310 e. The van der Waals surface area contributed by atoms with Crippen molar-refractivity contribution in [1.29, 1.82) is 0 Å². The van der Waals surface area contributed by atoms with Gasteiger partial charge in [0.15, 0.2) is 0 Å². The van der Waals surface area contributed by atoms with Crippen molar-refractivity contribution in [2.24, 2.45) is 0 Å². The molecule has 11 aromatic rings. The molecule has 0 heterocycles. The maximum Gasteiger partial charge on any atom is 0.0540 e. The Hall–Kier alpha value is -6.18. The monoisotopic (exact) mass is 621 g/mol. The van der Waals surface area contributed by atoms with Crippen molar-refractivity contribution in [1.82, 2.24) is 0 Å². The Morgan fingerprint density at radius 3 is 1.18 bits per heavy atom. The standard InChI is InChI=1S/C48H31N/c1-28-18-22-31(23-19-28)49(32-24-20-29(2)21-25-32)42-27-26-36-35-12-6-16-40-46(35)48(39-15-7-13-37(42)44(36)39)41-17-5-11-34-33-10-3-8-30-9-4-14-38(43(30)33)47(40)45(34)41/h3-27H,1-2H3. The first-order valence-corrected chi connectivity index (χ1v) is 17.2. The van der Waals surface area contributed by atoms with Crippen LogP contribution in [0.5, 0.6) is 0 Å². The normalized spacial score (nSPS) is 12.3. The highest BCUT2D eigenvalue weighted by Crippen LogP contribution is 2.51. The Labute approximate surface area is 283 Å². The van der Waals surface area contributed by atoms with Crippen LogP contribution in [0.4, 0.5) is 17.1 Å². The van der Waals surface area contributed by atoms with E-state index >= 15 is 0 Å². The lowest BCUT2D eigenvalue weighted by atomic mass is 9.82. The van der Waals surface area contributed by atoms with Gasteiger partial charge < -0.3 is 4.90 Å². The van der Waals surface area contributed by atoms with Gasteiger partial charge in [0.1, 0.15) is 0 Å². The Bertz CT molecular complexity index is 3050. The maximum atomic E-state index is 2.42. The number of aryl methyl sites for hydroxylation is 2. The first-order valence-electron chi connectivity index (χ1n) is 17.2. The van der Waals surface area contributed by atoms with E-state index in [1.165, 1.54) is 103 Å². The second-order valence-corrected chi connectivity index (χ2v) is 13.8. The van der Waals surface area contributed by atoms with E-state index in [2.05, 4.69) is 170 Å². The summed E-state index contributed by atoms with van der Waals surface area (Å²) in [6.45, 7) is 4.30. The van der Waals surface area contributed by atoms with Gasteiger partial charge >= 0.3 is 0 Å². The van der Waals surface area contributed by atoms with Crippen LogP contribution in [0.15, 0.2) is 152 Å². The predicted molar refractivity (Wildman–Crippen MR) is 213 cm³/mol. The second kappa shape index (κ2) is 9.69. The molecular formula is C48H31N. The first-order chi connectivity index (χ1) is 24.2. The molecule has 49 heavy (non-hydrogen) atoms. The zero-order chi connectivity index (χ0) is 32.4. The third-order valence-corrected chi connectivity index (χ3v) is 11.0. The number of hydrogen-bond acceptors (Lipinski definition) is 1. The molecule has 0 saturated carbocycles. The number of fused-ring (bicyclic) bond motifs is 6. The molecule has 0 fully saturated rings. The summed E-state index contributed by atoms with van der Waals surface area (Å²) in [5.74, 6) is 0. The van der Waals surface area contributed by atoms with Crippen LogP contribution in [0.2, 0.25) is 0 Å². The molecule has 1 heteroatoms. The molecule has 11 aromatic carbocycles. The summed E-state index contributed by atoms with van der Waals surface area (Å²) in [5, 5.41) is 21.3. The molecule has 0 saturated heterocycles. The van der Waals surface area contributed by atoms with E-state index in [9.17, 15) is 0 Å². The molecule has 11 rings (SSSR count). The molecule has 0 aromatic heterocycles. The van der Waals surface area contributed by atoms with E-state index in [1.54, 1.807) is 0 Å². The SMILES string of the molecule is Cc1ccc(N(c2ccc(C)cc2)c2ccc3c4cccc5c4c(c4cccc2c34)c2cccc3c4cccc6cccc(c64)c5c32)cc1. The first kappa shape index (κ1) is 26.8. The van der Waals surface area contributed by atoms with Crippen molar-refractivity contribution >= 4 is 103 Å². The zero-order valence-electron chi connectivity index (χ0n) is 27.4. The van der Waals surface area contributed by atoms with Gasteiger partial charge in [-0.15, -0.1) is 0 Å². The van der Waals surface area contributed by atoms with Crippen molar-refractivity contribution in [3.63, 3.8) is 0 Å². The molecule has 0 spiro atoms. The Morgan fingerprint density at radius 2 is 0.653 bits per heavy atom. The second-order valence-electron chi connectivity index (χ2n) is 13.8. The van der Waals surface area contributed by atoms with Crippen molar-refractivity contribution in [3.8, 4) is 0 Å². The highest BCUT2D eigenvalue weighted by atomic mass is 15.1. The minimum Gasteiger partial charge on any atom is -0.310 e. The Kier molecular flexibility index (Phi) is 5.31. The molecule has 0 bridgehead atoms. The summed E-state index contributed by atoms with van der Waals surface area (Å²) in [6, 6.07) is 57.0. The van der Waals surface area contributed by atoms with Crippen molar-refractivity contribution in [2.75, 3.05) is 4.90 Å². The highest BCUT2D eigenvalue weighted by Gasteiger charge is 2.23. The molecule has 0 aliphatic rings. The van der Waals surface area contributed by atoms with Crippen molar-refractivity contribution in [2.45, 2.75) is 13.8 Å². The third kappa shape index (κ3) is 3.54. The molecule has 0 atom stereocenters. The molecule has 0 unspecified atom stereocenters. The topological polar surface area (TPSA) is 3.24 Å². The molecule has 228 valence electrons. The van der Waals surface area contributed by atoms with Gasteiger partial charge in [-0.3, -0.25) is 0 Å². The minimum absolute atomic E-state index is 1.16. The molecule has 0 aliphatic carbocycles. The van der Waals surface area contributed by atoms with Gasteiger partial charge in [-0.25, -0.2) is 0 Å². The summed E-state index contributed by atoms with van der Waals surface area (Å²) in [7, 11) is 0. The Balaban J connectivity index is 1.34. The summed E-state index contributed by atoms with van der Waals surface area (Å²) in [6.07, 6.45) is 0. The lowest BCUT2D eigenvalue weighted by Crippen LogP contribution is -2.10. The fourth-order valence-corrected chi connectivity index (χ4v) is 8.95. The van der Waals surface area contributed by atoms with E-state index in [-0.39, 0.29) is 0 Å². The summed E-state index contributed by atoms with van der Waals surface area (Å²) < 4.78 is 0. The van der Waals surface area contributed by atoms with Crippen LogP contribution in [0.1, 0.15) is 11.1 Å². The van der Waals surface area contributed by atoms with Crippen LogP contribution in [-0.2, 0) is 0 Å². The van der Waals surface area contributed by atoms with Crippen molar-refractivity contribution < 1.29 is 0 Å². The van der Waals surface area contributed by atoms with Crippen LogP contribution in [0.3, 0.4) is 0 Å². The van der Waals surface area contributed by atoms with Crippen LogP contribution >= 0.6 is 0 Å². The van der Waals surface area contributed by atoms with Crippen LogP contribution < -0.4 is 4.90 Å². The molecule has 0 N–H and O–H groups in total. The van der Waals surface area contributed by atoms with E-state index in [1.807, 2.05) is 0 Å². The maximum absolute atomic E-state index is 2.42.